The third-order valence-electron chi connectivity index (χ3n) is 4.63. The van der Waals surface area contributed by atoms with Crippen molar-refractivity contribution in [3.63, 3.8) is 0 Å². The first kappa shape index (κ1) is 14.3. The summed E-state index contributed by atoms with van der Waals surface area (Å²) in [6, 6.07) is 0.641. The minimum absolute atomic E-state index is 0.0451. The first-order valence-corrected chi connectivity index (χ1v) is 7.82. The summed E-state index contributed by atoms with van der Waals surface area (Å²) in [7, 11) is 0. The Labute approximate surface area is 112 Å². The van der Waals surface area contributed by atoms with Crippen molar-refractivity contribution in [2.45, 2.75) is 64.0 Å². The Hall–Kier alpha value is -0.120. The van der Waals surface area contributed by atoms with Gasteiger partial charge in [0.1, 0.15) is 0 Å². The van der Waals surface area contributed by atoms with Crippen LogP contribution in [0.3, 0.4) is 0 Å². The molecule has 0 amide bonds. The maximum absolute atomic E-state index is 10.2. The summed E-state index contributed by atoms with van der Waals surface area (Å²) in [5.74, 6) is 0.536. The molecule has 106 valence electrons. The lowest BCUT2D eigenvalue weighted by Gasteiger charge is -2.37. The highest BCUT2D eigenvalue weighted by Gasteiger charge is 2.36. The molecule has 0 bridgehead atoms. The van der Waals surface area contributed by atoms with E-state index in [4.69, 9.17) is 4.74 Å². The fraction of sp³-hybridized carbons (Fsp3) is 1.00. The number of hydrogen-bond donors (Lipinski definition) is 1. The molecular formula is C15H29NO2. The minimum atomic E-state index is -0.0451. The fourth-order valence-corrected chi connectivity index (χ4v) is 3.72. The van der Waals surface area contributed by atoms with Crippen LogP contribution in [0.4, 0.5) is 0 Å². The van der Waals surface area contributed by atoms with Crippen LogP contribution in [-0.4, -0.2) is 48.5 Å². The lowest BCUT2D eigenvalue weighted by atomic mass is 9.80. The Morgan fingerprint density at radius 2 is 2.00 bits per heavy atom. The van der Waals surface area contributed by atoms with E-state index < -0.39 is 0 Å². The predicted molar refractivity (Wildman–Crippen MR) is 73.7 cm³/mol. The minimum Gasteiger partial charge on any atom is -0.393 e. The molecule has 1 saturated carbocycles. The topological polar surface area (TPSA) is 32.7 Å². The van der Waals surface area contributed by atoms with Crippen molar-refractivity contribution in [3.8, 4) is 0 Å². The van der Waals surface area contributed by atoms with Gasteiger partial charge in [0.15, 0.2) is 0 Å². The second-order valence-corrected chi connectivity index (χ2v) is 5.81. The van der Waals surface area contributed by atoms with Gasteiger partial charge in [-0.1, -0.05) is 12.8 Å². The molecule has 18 heavy (non-hydrogen) atoms. The van der Waals surface area contributed by atoms with E-state index in [-0.39, 0.29) is 6.10 Å². The number of likely N-dealkylation sites (tertiary alicyclic amines) is 1. The van der Waals surface area contributed by atoms with Gasteiger partial charge in [-0.3, -0.25) is 4.90 Å². The molecule has 0 spiro atoms. The second-order valence-electron chi connectivity index (χ2n) is 5.81. The number of aliphatic hydroxyl groups is 1. The Bertz CT molecular complexity index is 235. The number of aliphatic hydroxyl groups excluding tert-OH is 1. The molecule has 0 aromatic carbocycles. The number of nitrogens with zero attached hydrogens (tertiary/aromatic N) is 1. The summed E-state index contributed by atoms with van der Waals surface area (Å²) in [6.45, 7) is 6.13. The molecule has 2 rings (SSSR count). The van der Waals surface area contributed by atoms with Crippen LogP contribution in [0.25, 0.3) is 0 Å². The Morgan fingerprint density at radius 1 is 1.17 bits per heavy atom. The monoisotopic (exact) mass is 255 g/mol. The van der Waals surface area contributed by atoms with Crippen molar-refractivity contribution in [2.75, 3.05) is 26.3 Å². The van der Waals surface area contributed by atoms with Gasteiger partial charge in [-0.15, -0.1) is 0 Å². The van der Waals surface area contributed by atoms with Crippen LogP contribution in [0, 0.1) is 5.92 Å². The zero-order valence-corrected chi connectivity index (χ0v) is 11.8. The summed E-state index contributed by atoms with van der Waals surface area (Å²) in [5, 5.41) is 10.2. The molecule has 2 aliphatic rings. The van der Waals surface area contributed by atoms with Crippen LogP contribution in [-0.2, 0) is 4.74 Å². The van der Waals surface area contributed by atoms with Gasteiger partial charge in [-0.05, 0) is 45.6 Å². The molecule has 3 atom stereocenters. The van der Waals surface area contributed by atoms with Crippen LogP contribution in [0.5, 0.6) is 0 Å². The summed E-state index contributed by atoms with van der Waals surface area (Å²) >= 11 is 0. The number of hydrogen-bond acceptors (Lipinski definition) is 3. The lowest BCUT2D eigenvalue weighted by molar-refractivity contribution is 0.0197. The van der Waals surface area contributed by atoms with Gasteiger partial charge in [0.25, 0.3) is 0 Å². The van der Waals surface area contributed by atoms with Gasteiger partial charge in [0, 0.05) is 31.7 Å². The average Bonchev–Trinajstić information content (AvgIpc) is 2.83. The standard InChI is InChI=1S/C15H29NO2/c1-2-18-12-6-11-16-10-5-8-14(16)13-7-3-4-9-15(13)17/h13-15,17H,2-12H2,1H3. The first-order valence-electron chi connectivity index (χ1n) is 7.82. The average molecular weight is 255 g/mol. The van der Waals surface area contributed by atoms with E-state index in [0.29, 0.717) is 12.0 Å². The highest BCUT2D eigenvalue weighted by molar-refractivity contribution is 4.90. The van der Waals surface area contributed by atoms with Gasteiger partial charge >= 0.3 is 0 Å². The van der Waals surface area contributed by atoms with E-state index in [1.54, 1.807) is 0 Å². The van der Waals surface area contributed by atoms with Gasteiger partial charge < -0.3 is 9.84 Å². The third-order valence-corrected chi connectivity index (χ3v) is 4.63. The largest absolute Gasteiger partial charge is 0.393 e. The zero-order chi connectivity index (χ0) is 12.8. The molecule has 1 N–H and O–H groups in total. The fourth-order valence-electron chi connectivity index (χ4n) is 3.72. The molecule has 2 fully saturated rings. The molecule has 0 radical (unpaired) electrons. The number of ether oxygens (including phenoxy) is 1. The van der Waals surface area contributed by atoms with Crippen LogP contribution in [0.2, 0.25) is 0 Å². The van der Waals surface area contributed by atoms with Crippen LogP contribution in [0.15, 0.2) is 0 Å². The van der Waals surface area contributed by atoms with Crippen molar-refractivity contribution < 1.29 is 9.84 Å². The highest BCUT2D eigenvalue weighted by atomic mass is 16.5. The van der Waals surface area contributed by atoms with E-state index in [1.807, 2.05) is 0 Å². The van der Waals surface area contributed by atoms with Crippen LogP contribution >= 0.6 is 0 Å². The van der Waals surface area contributed by atoms with Crippen molar-refractivity contribution in [1.29, 1.82) is 0 Å². The van der Waals surface area contributed by atoms with Crippen molar-refractivity contribution >= 4 is 0 Å². The maximum Gasteiger partial charge on any atom is 0.0583 e. The van der Waals surface area contributed by atoms with Gasteiger partial charge in [0.2, 0.25) is 0 Å². The molecule has 3 unspecified atom stereocenters. The van der Waals surface area contributed by atoms with E-state index in [0.717, 1.165) is 32.6 Å². The van der Waals surface area contributed by atoms with Gasteiger partial charge in [-0.2, -0.15) is 0 Å². The molecular weight excluding hydrogens is 226 g/mol. The van der Waals surface area contributed by atoms with Crippen molar-refractivity contribution in [3.05, 3.63) is 0 Å². The van der Waals surface area contributed by atoms with E-state index in [2.05, 4.69) is 11.8 Å². The van der Waals surface area contributed by atoms with E-state index in [9.17, 15) is 5.11 Å². The molecule has 1 heterocycles. The molecule has 1 aliphatic heterocycles. The summed E-state index contributed by atoms with van der Waals surface area (Å²) in [5.41, 5.74) is 0. The predicted octanol–water partition coefficient (Wildman–Crippen LogP) is 2.43. The Kier molecular flexibility index (Phi) is 5.93. The SMILES string of the molecule is CCOCCCN1CCCC1C1CCCCC1O. The highest BCUT2D eigenvalue weighted by Crippen LogP contribution is 2.34. The normalized spacial score (nSPS) is 34.0. The van der Waals surface area contributed by atoms with Gasteiger partial charge in [0.05, 0.1) is 6.10 Å². The maximum atomic E-state index is 10.2. The van der Waals surface area contributed by atoms with Crippen LogP contribution < -0.4 is 0 Å². The Balaban J connectivity index is 1.78. The third kappa shape index (κ3) is 3.69. The molecule has 1 saturated heterocycles. The van der Waals surface area contributed by atoms with Gasteiger partial charge in [-0.25, -0.2) is 0 Å². The first-order chi connectivity index (χ1) is 8.83. The van der Waals surface area contributed by atoms with E-state index in [1.165, 1.54) is 38.6 Å². The van der Waals surface area contributed by atoms with Crippen LogP contribution in [0.1, 0.15) is 51.9 Å². The smallest absolute Gasteiger partial charge is 0.0583 e. The summed E-state index contributed by atoms with van der Waals surface area (Å²) in [4.78, 5) is 2.61. The molecule has 3 heteroatoms. The molecule has 1 aliphatic carbocycles. The zero-order valence-electron chi connectivity index (χ0n) is 11.8. The Morgan fingerprint density at radius 3 is 2.78 bits per heavy atom. The molecule has 3 nitrogen and oxygen atoms in total. The molecule has 0 aromatic rings. The van der Waals surface area contributed by atoms with Crippen molar-refractivity contribution in [1.82, 2.24) is 4.90 Å². The lowest BCUT2D eigenvalue weighted by Crippen LogP contribution is -2.43. The number of rotatable bonds is 6. The van der Waals surface area contributed by atoms with Crippen molar-refractivity contribution in [2.24, 2.45) is 5.92 Å². The molecule has 0 aromatic heterocycles. The summed E-state index contributed by atoms with van der Waals surface area (Å²) < 4.78 is 5.42. The quantitative estimate of drug-likeness (QED) is 0.740. The second kappa shape index (κ2) is 7.46. The van der Waals surface area contributed by atoms with E-state index >= 15 is 0 Å². The summed E-state index contributed by atoms with van der Waals surface area (Å²) in [6.07, 6.45) is 8.46.